The molecule has 6 heteroatoms. The summed E-state index contributed by atoms with van der Waals surface area (Å²) in [5.41, 5.74) is 4.29. The van der Waals surface area contributed by atoms with E-state index in [2.05, 4.69) is 56.1 Å². The molecule has 1 heterocycles. The third-order valence-electron chi connectivity index (χ3n) is 3.39. The summed E-state index contributed by atoms with van der Waals surface area (Å²) in [6.45, 7) is 7.75. The lowest BCUT2D eigenvalue weighted by Gasteiger charge is -2.12. The molecule has 1 aromatic heterocycles. The molecule has 0 aliphatic heterocycles. The van der Waals surface area contributed by atoms with Crippen LogP contribution in [0.3, 0.4) is 0 Å². The number of anilines is 1. The van der Waals surface area contributed by atoms with Gasteiger partial charge in [0.1, 0.15) is 0 Å². The second-order valence-corrected chi connectivity index (χ2v) is 6.87. The van der Waals surface area contributed by atoms with E-state index >= 15 is 0 Å². The summed E-state index contributed by atoms with van der Waals surface area (Å²) in [4.78, 5) is 0. The molecule has 2 rings (SSSR count). The van der Waals surface area contributed by atoms with E-state index in [9.17, 15) is 0 Å². The van der Waals surface area contributed by atoms with Crippen molar-refractivity contribution in [1.29, 1.82) is 0 Å². The Kier molecular flexibility index (Phi) is 5.74. The van der Waals surface area contributed by atoms with Crippen LogP contribution < -0.4 is 5.32 Å². The van der Waals surface area contributed by atoms with E-state index in [-0.39, 0.29) is 0 Å². The summed E-state index contributed by atoms with van der Waals surface area (Å²) in [7, 11) is 0. The van der Waals surface area contributed by atoms with Gasteiger partial charge in [-0.05, 0) is 69.8 Å². The molecule has 0 radical (unpaired) electrons. The number of nitrogens with zero attached hydrogens (tertiary/aromatic N) is 2. The summed E-state index contributed by atoms with van der Waals surface area (Å²) in [5.74, 6) is 0. The highest BCUT2D eigenvalue weighted by Crippen LogP contribution is 2.30. The number of benzene rings is 1. The van der Waals surface area contributed by atoms with Crippen molar-refractivity contribution in [3.05, 3.63) is 43.1 Å². The Morgan fingerprint density at radius 1 is 1.29 bits per heavy atom. The van der Waals surface area contributed by atoms with Gasteiger partial charge in [-0.2, -0.15) is 5.10 Å². The first-order valence-electron chi connectivity index (χ1n) is 6.91. The third kappa shape index (κ3) is 3.63. The third-order valence-corrected chi connectivity index (χ3v) is 5.37. The largest absolute Gasteiger partial charge is 0.378 e. The van der Waals surface area contributed by atoms with E-state index < -0.39 is 0 Å². The zero-order chi connectivity index (χ0) is 15.6. The van der Waals surface area contributed by atoms with Crippen LogP contribution in [0.1, 0.15) is 30.8 Å². The topological polar surface area (TPSA) is 29.9 Å². The molecule has 2 aromatic rings. The van der Waals surface area contributed by atoms with Crippen molar-refractivity contribution in [3.8, 4) is 0 Å². The molecular formula is C15H18Br2ClN3. The normalized spacial score (nSPS) is 11.0. The van der Waals surface area contributed by atoms with Crippen LogP contribution >= 0.6 is 43.5 Å². The molecule has 0 aliphatic rings. The standard InChI is InChI=1S/C15H18Br2ClN3/c1-4-12-15(17)14(21(5-2)20-12)8-19-13-7-11(18)9(3)6-10(13)16/h6-7,19H,4-5,8H2,1-3H3. The molecule has 0 fully saturated rings. The molecule has 3 nitrogen and oxygen atoms in total. The molecule has 21 heavy (non-hydrogen) atoms. The van der Waals surface area contributed by atoms with Crippen molar-refractivity contribution in [1.82, 2.24) is 9.78 Å². The van der Waals surface area contributed by atoms with Crippen LogP contribution in [0.4, 0.5) is 5.69 Å². The van der Waals surface area contributed by atoms with Crippen molar-refractivity contribution in [2.24, 2.45) is 0 Å². The summed E-state index contributed by atoms with van der Waals surface area (Å²) in [6, 6.07) is 3.97. The number of hydrogen-bond acceptors (Lipinski definition) is 2. The molecule has 0 aliphatic carbocycles. The predicted octanol–water partition coefficient (Wildman–Crippen LogP) is 5.56. The lowest BCUT2D eigenvalue weighted by atomic mass is 10.2. The van der Waals surface area contributed by atoms with E-state index in [1.165, 1.54) is 0 Å². The summed E-state index contributed by atoms with van der Waals surface area (Å²) >= 11 is 13.4. The van der Waals surface area contributed by atoms with Gasteiger partial charge < -0.3 is 5.32 Å². The van der Waals surface area contributed by atoms with Crippen molar-refractivity contribution < 1.29 is 0 Å². The fourth-order valence-electron chi connectivity index (χ4n) is 2.15. The lowest BCUT2D eigenvalue weighted by molar-refractivity contribution is 0.619. The summed E-state index contributed by atoms with van der Waals surface area (Å²) in [5, 5.41) is 8.80. The van der Waals surface area contributed by atoms with Gasteiger partial charge in [0.25, 0.3) is 0 Å². The van der Waals surface area contributed by atoms with Gasteiger partial charge in [0.15, 0.2) is 0 Å². The molecular weight excluding hydrogens is 417 g/mol. The molecule has 0 amide bonds. The lowest BCUT2D eigenvalue weighted by Crippen LogP contribution is -2.08. The van der Waals surface area contributed by atoms with E-state index in [1.807, 2.05) is 23.7 Å². The molecule has 0 atom stereocenters. The minimum Gasteiger partial charge on any atom is -0.378 e. The van der Waals surface area contributed by atoms with Crippen LogP contribution in [-0.4, -0.2) is 9.78 Å². The van der Waals surface area contributed by atoms with Gasteiger partial charge in [0.2, 0.25) is 0 Å². The average molecular weight is 436 g/mol. The summed E-state index contributed by atoms with van der Waals surface area (Å²) in [6.07, 6.45) is 0.917. The highest BCUT2D eigenvalue weighted by atomic mass is 79.9. The highest BCUT2D eigenvalue weighted by Gasteiger charge is 2.14. The van der Waals surface area contributed by atoms with E-state index in [0.29, 0.717) is 6.54 Å². The molecule has 1 aromatic carbocycles. The smallest absolute Gasteiger partial charge is 0.0767 e. The quantitative estimate of drug-likeness (QED) is 0.666. The van der Waals surface area contributed by atoms with Crippen LogP contribution in [0, 0.1) is 6.92 Å². The number of aryl methyl sites for hydroxylation is 3. The summed E-state index contributed by atoms with van der Waals surface area (Å²) < 4.78 is 4.13. The molecule has 1 N–H and O–H groups in total. The first kappa shape index (κ1) is 16.8. The number of nitrogens with one attached hydrogen (secondary N) is 1. The van der Waals surface area contributed by atoms with Gasteiger partial charge in [0, 0.05) is 16.0 Å². The number of rotatable bonds is 5. The van der Waals surface area contributed by atoms with Gasteiger partial charge >= 0.3 is 0 Å². The minimum atomic E-state index is 0.694. The second kappa shape index (κ2) is 7.16. The minimum absolute atomic E-state index is 0.694. The SMILES string of the molecule is CCc1nn(CC)c(CNc2cc(Cl)c(C)cc2Br)c1Br. The zero-order valence-corrected chi connectivity index (χ0v) is 16.2. The van der Waals surface area contributed by atoms with Crippen LogP contribution in [-0.2, 0) is 19.5 Å². The first-order chi connectivity index (χ1) is 9.97. The monoisotopic (exact) mass is 433 g/mol. The number of hydrogen-bond donors (Lipinski definition) is 1. The van der Waals surface area contributed by atoms with Crippen LogP contribution in [0.15, 0.2) is 21.1 Å². The van der Waals surface area contributed by atoms with Gasteiger partial charge in [-0.1, -0.05) is 18.5 Å². The van der Waals surface area contributed by atoms with Crippen molar-refractivity contribution >= 4 is 49.1 Å². The molecule has 114 valence electrons. The van der Waals surface area contributed by atoms with Crippen LogP contribution in [0.25, 0.3) is 0 Å². The van der Waals surface area contributed by atoms with Crippen molar-refractivity contribution in [2.45, 2.75) is 40.3 Å². The zero-order valence-electron chi connectivity index (χ0n) is 12.3. The van der Waals surface area contributed by atoms with Gasteiger partial charge in [-0.15, -0.1) is 0 Å². The maximum absolute atomic E-state index is 6.20. The number of aromatic nitrogens is 2. The fourth-order valence-corrected chi connectivity index (χ4v) is 3.61. The number of halogens is 3. The Labute approximate surface area is 147 Å². The van der Waals surface area contributed by atoms with Crippen LogP contribution in [0.2, 0.25) is 5.02 Å². The Balaban J connectivity index is 2.24. The maximum atomic E-state index is 6.20. The van der Waals surface area contributed by atoms with Crippen molar-refractivity contribution in [2.75, 3.05) is 5.32 Å². The average Bonchev–Trinajstić information content (AvgIpc) is 2.77. The van der Waals surface area contributed by atoms with E-state index in [1.54, 1.807) is 0 Å². The van der Waals surface area contributed by atoms with Crippen molar-refractivity contribution in [3.63, 3.8) is 0 Å². The molecule has 0 saturated heterocycles. The fraction of sp³-hybridized carbons (Fsp3) is 0.400. The Morgan fingerprint density at radius 3 is 2.62 bits per heavy atom. The van der Waals surface area contributed by atoms with E-state index in [0.717, 1.165) is 49.6 Å². The Hall–Kier alpha value is -0.520. The molecule has 0 unspecified atom stereocenters. The van der Waals surface area contributed by atoms with Crippen LogP contribution in [0.5, 0.6) is 0 Å². The first-order valence-corrected chi connectivity index (χ1v) is 8.87. The maximum Gasteiger partial charge on any atom is 0.0767 e. The van der Waals surface area contributed by atoms with Gasteiger partial charge in [-0.25, -0.2) is 0 Å². The Morgan fingerprint density at radius 2 is 2.00 bits per heavy atom. The molecule has 0 spiro atoms. The highest BCUT2D eigenvalue weighted by molar-refractivity contribution is 9.11. The van der Waals surface area contributed by atoms with Gasteiger partial charge in [0.05, 0.1) is 28.1 Å². The van der Waals surface area contributed by atoms with Gasteiger partial charge in [-0.3, -0.25) is 4.68 Å². The van der Waals surface area contributed by atoms with E-state index in [4.69, 9.17) is 11.6 Å². The second-order valence-electron chi connectivity index (χ2n) is 4.81. The Bertz CT molecular complexity index is 653. The predicted molar refractivity (Wildman–Crippen MR) is 96.2 cm³/mol. The molecule has 0 bridgehead atoms. The molecule has 0 saturated carbocycles.